The molecule has 0 atom stereocenters. The van der Waals surface area contributed by atoms with Crippen LogP contribution < -0.4 is 0 Å². The molecule has 0 spiro atoms. The molecule has 10 aromatic rings. The van der Waals surface area contributed by atoms with Gasteiger partial charge in [0.05, 0.1) is 11.4 Å². The summed E-state index contributed by atoms with van der Waals surface area (Å²) in [5.41, 5.74) is 12.8. The van der Waals surface area contributed by atoms with Crippen LogP contribution in [0.15, 0.2) is 186 Å². The maximum Gasteiger partial charge on any atom is 2.00 e. The van der Waals surface area contributed by atoms with Gasteiger partial charge in [0.1, 0.15) is 11.2 Å². The first kappa shape index (κ1) is 33.8. The van der Waals surface area contributed by atoms with Crippen molar-refractivity contribution in [3.8, 4) is 67.3 Å². The molecule has 2 aromatic heterocycles. The molecule has 10 rings (SSSR count). The molecule has 0 N–H and O–H groups in total. The van der Waals surface area contributed by atoms with Crippen LogP contribution in [-0.2, 0) is 0 Å². The van der Waals surface area contributed by atoms with E-state index in [4.69, 9.17) is 14.4 Å². The van der Waals surface area contributed by atoms with Crippen LogP contribution in [0.5, 0.6) is 0 Å². The van der Waals surface area contributed by atoms with Crippen molar-refractivity contribution in [2.75, 3.05) is 0 Å². The summed E-state index contributed by atoms with van der Waals surface area (Å²) in [4.78, 5) is 10.6. The molecule has 0 radical (unpaired) electrons. The fourth-order valence-corrected chi connectivity index (χ4v) is 7.28. The van der Waals surface area contributed by atoms with E-state index in [-0.39, 0.29) is 31.1 Å². The Balaban J connectivity index is 0.00000384. The molecule has 0 fully saturated rings. The summed E-state index contributed by atoms with van der Waals surface area (Å²) >= 11 is 0. The molecule has 3 nitrogen and oxygen atoms in total. The molecule has 4 heteroatoms. The van der Waals surface area contributed by atoms with E-state index >= 15 is 0 Å². The van der Waals surface area contributed by atoms with E-state index < -0.39 is 0 Å². The zero-order valence-corrected chi connectivity index (χ0v) is 33.3. The molecular formula is C50H30N2OU. The monoisotopic (exact) mass is 912 g/mol. The van der Waals surface area contributed by atoms with Crippen LogP contribution in [0.2, 0.25) is 0 Å². The van der Waals surface area contributed by atoms with E-state index in [1.54, 1.807) is 0 Å². The van der Waals surface area contributed by atoms with Gasteiger partial charge >= 0.3 is 31.1 Å². The Morgan fingerprint density at radius 2 is 1.07 bits per heavy atom. The second-order valence-electron chi connectivity index (χ2n) is 13.2. The molecule has 0 saturated carbocycles. The molecule has 0 unspecified atom stereocenters. The molecule has 8 aromatic carbocycles. The minimum absolute atomic E-state index is 0. The first-order chi connectivity index (χ1) is 26.2. The number of para-hydroxylation sites is 1. The molecule has 0 bridgehead atoms. The molecule has 54 heavy (non-hydrogen) atoms. The van der Waals surface area contributed by atoms with Gasteiger partial charge in [-0.2, -0.15) is 42.5 Å². The van der Waals surface area contributed by atoms with Gasteiger partial charge in [-0.3, -0.25) is 0 Å². The Hall–Kier alpha value is -6.05. The molecule has 250 valence electrons. The standard InChI is InChI=1S/C50H30N2O.U/c1-3-13-33(14-4-1)36-19-11-20-37(27-36)39-28-40(38-25-26-49-45(31-38)44-22-9-10-24-48(44)53-49)30-41(29-39)50-51-46(35-16-5-2-6-17-35)32-47(52-50)43-23-12-18-34-15-7-8-21-42(34)43;/h1-13,15-18,20-32H;/q-2;+2. The van der Waals surface area contributed by atoms with Gasteiger partial charge in [-0.15, -0.1) is 17.7 Å². The van der Waals surface area contributed by atoms with Crippen LogP contribution in [0.1, 0.15) is 0 Å². The van der Waals surface area contributed by atoms with E-state index in [0.717, 1.165) is 88.8 Å². The average Bonchev–Trinajstić information content (AvgIpc) is 3.62. The average molecular weight is 913 g/mol. The van der Waals surface area contributed by atoms with Gasteiger partial charge in [-0.1, -0.05) is 97.1 Å². The van der Waals surface area contributed by atoms with Crippen molar-refractivity contribution in [1.82, 2.24) is 9.97 Å². The van der Waals surface area contributed by atoms with Gasteiger partial charge in [-0.25, -0.2) is 21.1 Å². The predicted molar refractivity (Wildman–Crippen MR) is 217 cm³/mol. The number of nitrogens with zero attached hydrogens (tertiary/aromatic N) is 2. The van der Waals surface area contributed by atoms with Gasteiger partial charge in [0.25, 0.3) is 0 Å². The molecule has 0 amide bonds. The number of hydrogen-bond acceptors (Lipinski definition) is 3. The Labute approximate surface area is 337 Å². The number of rotatable bonds is 6. The van der Waals surface area contributed by atoms with Crippen molar-refractivity contribution >= 4 is 32.7 Å². The number of furan rings is 1. The number of benzene rings is 8. The van der Waals surface area contributed by atoms with Crippen molar-refractivity contribution in [3.63, 3.8) is 0 Å². The summed E-state index contributed by atoms with van der Waals surface area (Å²) in [6.07, 6.45) is 0. The minimum Gasteiger partial charge on any atom is -0.456 e. The van der Waals surface area contributed by atoms with Gasteiger partial charge < -0.3 is 4.42 Å². The predicted octanol–water partition coefficient (Wildman–Crippen LogP) is 13.1. The number of aromatic nitrogens is 2. The Morgan fingerprint density at radius 3 is 1.93 bits per heavy atom. The van der Waals surface area contributed by atoms with E-state index in [1.165, 1.54) is 5.39 Å². The smallest absolute Gasteiger partial charge is 0.456 e. The SMILES string of the molecule is [U+2].[c-]1ccccc1-c1[c-]ccc(-c2cc(-c3ccc4oc5ccccc5c4c3)cc(-c3nc(-c4ccccc4)cc(-c4cccc5ccccc45)n3)c2)c1. The van der Waals surface area contributed by atoms with Gasteiger partial charge in [0.15, 0.2) is 5.82 Å². The number of fused-ring (bicyclic) bond motifs is 4. The summed E-state index contributed by atoms with van der Waals surface area (Å²) in [6, 6.07) is 69.8. The van der Waals surface area contributed by atoms with Gasteiger partial charge in [0, 0.05) is 27.5 Å². The fourth-order valence-electron chi connectivity index (χ4n) is 7.28. The summed E-state index contributed by atoms with van der Waals surface area (Å²) < 4.78 is 6.20. The quantitative estimate of drug-likeness (QED) is 0.156. The minimum atomic E-state index is 0. The summed E-state index contributed by atoms with van der Waals surface area (Å²) in [5.74, 6) is 0.659. The van der Waals surface area contributed by atoms with Crippen LogP contribution in [0.4, 0.5) is 0 Å². The van der Waals surface area contributed by atoms with Crippen molar-refractivity contribution in [3.05, 3.63) is 194 Å². The van der Waals surface area contributed by atoms with Crippen molar-refractivity contribution in [2.45, 2.75) is 0 Å². The van der Waals surface area contributed by atoms with Crippen molar-refractivity contribution in [1.29, 1.82) is 0 Å². The second kappa shape index (κ2) is 14.4. The summed E-state index contributed by atoms with van der Waals surface area (Å²) in [5, 5.41) is 4.51. The maximum absolute atomic E-state index is 6.20. The van der Waals surface area contributed by atoms with Gasteiger partial charge in [0.2, 0.25) is 0 Å². The first-order valence-corrected chi connectivity index (χ1v) is 17.7. The largest absolute Gasteiger partial charge is 2.00 e. The van der Waals surface area contributed by atoms with Gasteiger partial charge in [-0.05, 0) is 69.9 Å². The Kier molecular flexibility index (Phi) is 9.01. The normalized spacial score (nSPS) is 11.2. The Morgan fingerprint density at radius 1 is 0.389 bits per heavy atom. The maximum atomic E-state index is 6.20. The first-order valence-electron chi connectivity index (χ1n) is 17.7. The number of hydrogen-bond donors (Lipinski definition) is 0. The molecule has 2 heterocycles. The molecular weight excluding hydrogens is 883 g/mol. The van der Waals surface area contributed by atoms with E-state index in [9.17, 15) is 0 Å². The zero-order valence-electron chi connectivity index (χ0n) is 29.1. The summed E-state index contributed by atoms with van der Waals surface area (Å²) in [6.45, 7) is 0. The van der Waals surface area contributed by atoms with Crippen molar-refractivity contribution in [2.24, 2.45) is 0 Å². The third-order valence-electron chi connectivity index (χ3n) is 9.90. The molecule has 0 aliphatic heterocycles. The molecule has 0 aliphatic carbocycles. The third-order valence-corrected chi connectivity index (χ3v) is 9.90. The van der Waals surface area contributed by atoms with Crippen LogP contribution >= 0.6 is 0 Å². The zero-order chi connectivity index (χ0) is 35.1. The van der Waals surface area contributed by atoms with Crippen LogP contribution in [0.25, 0.3) is 100.0 Å². The van der Waals surface area contributed by atoms with Crippen LogP contribution in [0.3, 0.4) is 0 Å². The van der Waals surface area contributed by atoms with E-state index in [0.29, 0.717) is 5.82 Å². The van der Waals surface area contributed by atoms with E-state index in [1.807, 2.05) is 42.5 Å². The fraction of sp³-hybridized carbons (Fsp3) is 0. The second-order valence-corrected chi connectivity index (χ2v) is 13.2. The third kappa shape index (κ3) is 6.35. The van der Waals surface area contributed by atoms with E-state index in [2.05, 4.69) is 152 Å². The summed E-state index contributed by atoms with van der Waals surface area (Å²) in [7, 11) is 0. The van der Waals surface area contributed by atoms with Crippen LogP contribution in [-0.4, -0.2) is 9.97 Å². The van der Waals surface area contributed by atoms with Crippen molar-refractivity contribution < 1.29 is 35.5 Å². The topological polar surface area (TPSA) is 38.9 Å². The Bertz CT molecular complexity index is 2950. The molecule has 0 saturated heterocycles. The molecule has 0 aliphatic rings. The van der Waals surface area contributed by atoms with Crippen LogP contribution in [0, 0.1) is 43.2 Å².